The van der Waals surface area contributed by atoms with Gasteiger partial charge in [0.15, 0.2) is 0 Å². The van der Waals surface area contributed by atoms with E-state index < -0.39 is 0 Å². The molecule has 0 aromatic carbocycles. The Kier molecular flexibility index (Phi) is 7.56. The average Bonchev–Trinajstić information content (AvgIpc) is 2.10. The monoisotopic (exact) mass is 236 g/mol. The van der Waals surface area contributed by atoms with Crippen molar-refractivity contribution in [3.8, 4) is 0 Å². The zero-order valence-corrected chi connectivity index (χ0v) is 9.39. The Morgan fingerprint density at radius 2 is 2.08 bits per heavy atom. The predicted molar refractivity (Wildman–Crippen MR) is 53.5 cm³/mol. The van der Waals surface area contributed by atoms with Gasteiger partial charge >= 0.3 is 5.97 Å². The molecule has 12 heavy (non-hydrogen) atoms. The van der Waals surface area contributed by atoms with Crippen LogP contribution in [0.5, 0.6) is 0 Å². The Hall–Kier alpha value is -0.0500. The van der Waals surface area contributed by atoms with Crippen LogP contribution in [0.4, 0.5) is 0 Å². The van der Waals surface area contributed by atoms with Crippen molar-refractivity contribution in [1.82, 2.24) is 0 Å². The second-order valence-electron chi connectivity index (χ2n) is 2.84. The van der Waals surface area contributed by atoms with Crippen LogP contribution < -0.4 is 0 Å². The summed E-state index contributed by atoms with van der Waals surface area (Å²) in [7, 11) is 1.42. The first-order valence-electron chi connectivity index (χ1n) is 4.44. The molecular weight excluding hydrogens is 220 g/mol. The summed E-state index contributed by atoms with van der Waals surface area (Å²) >= 11 is 3.28. The minimum atomic E-state index is -0.161. The summed E-state index contributed by atoms with van der Waals surface area (Å²) in [6, 6.07) is 0. The predicted octanol–water partition coefficient (Wildman–Crippen LogP) is 2.89. The van der Waals surface area contributed by atoms with E-state index in [2.05, 4.69) is 27.6 Å². The van der Waals surface area contributed by atoms with Gasteiger partial charge in [0.1, 0.15) is 4.83 Å². The van der Waals surface area contributed by atoms with Crippen molar-refractivity contribution in [2.45, 2.75) is 43.9 Å². The molecule has 0 saturated carbocycles. The van der Waals surface area contributed by atoms with E-state index in [9.17, 15) is 4.79 Å². The molecule has 0 N–H and O–H groups in total. The minimum Gasteiger partial charge on any atom is -0.468 e. The lowest BCUT2D eigenvalue weighted by atomic mass is 10.1. The molecule has 3 heteroatoms. The number of rotatable bonds is 6. The normalized spacial score (nSPS) is 12.6. The summed E-state index contributed by atoms with van der Waals surface area (Å²) in [6.45, 7) is 2.17. The molecule has 1 atom stereocenters. The number of carbonyl (C=O) groups is 1. The number of ether oxygens (including phenoxy) is 1. The number of esters is 1. The molecule has 0 spiro atoms. The number of carbonyl (C=O) groups excluding carboxylic acids is 1. The number of hydrogen-bond acceptors (Lipinski definition) is 2. The summed E-state index contributed by atoms with van der Waals surface area (Å²) < 4.78 is 4.58. The maximum Gasteiger partial charge on any atom is 0.319 e. The lowest BCUT2D eigenvalue weighted by molar-refractivity contribution is -0.139. The molecule has 0 bridgehead atoms. The van der Waals surface area contributed by atoms with E-state index in [1.807, 2.05) is 0 Å². The van der Waals surface area contributed by atoms with Gasteiger partial charge in [-0.3, -0.25) is 4.79 Å². The fourth-order valence-electron chi connectivity index (χ4n) is 0.996. The molecule has 0 aliphatic carbocycles. The third-order valence-electron chi connectivity index (χ3n) is 1.77. The van der Waals surface area contributed by atoms with Crippen LogP contribution in [0.3, 0.4) is 0 Å². The summed E-state index contributed by atoms with van der Waals surface area (Å²) in [6.07, 6.45) is 5.66. The van der Waals surface area contributed by atoms with Gasteiger partial charge in [-0.2, -0.15) is 0 Å². The van der Waals surface area contributed by atoms with Crippen LogP contribution in [0.15, 0.2) is 0 Å². The lowest BCUT2D eigenvalue weighted by Crippen LogP contribution is -2.15. The largest absolute Gasteiger partial charge is 0.468 e. The van der Waals surface area contributed by atoms with E-state index in [0.717, 1.165) is 12.8 Å². The highest BCUT2D eigenvalue weighted by atomic mass is 79.9. The standard InChI is InChI=1S/C9H17BrO2/c1-3-4-5-6-7-8(10)9(11)12-2/h8H,3-7H2,1-2H3. The second-order valence-corrected chi connectivity index (χ2v) is 3.95. The van der Waals surface area contributed by atoms with Gasteiger partial charge in [0, 0.05) is 0 Å². The SMILES string of the molecule is CCCCCCC(Br)C(=O)OC. The molecular formula is C9H17BrO2. The number of hydrogen-bond donors (Lipinski definition) is 0. The molecule has 0 aliphatic rings. The van der Waals surface area contributed by atoms with Gasteiger partial charge in [-0.1, -0.05) is 48.5 Å². The zero-order chi connectivity index (χ0) is 9.40. The van der Waals surface area contributed by atoms with Gasteiger partial charge < -0.3 is 4.74 Å². The van der Waals surface area contributed by atoms with E-state index in [1.54, 1.807) is 0 Å². The molecule has 0 saturated heterocycles. The average molecular weight is 237 g/mol. The Labute approximate surface area is 82.8 Å². The van der Waals surface area contributed by atoms with Crippen molar-refractivity contribution in [1.29, 1.82) is 0 Å². The van der Waals surface area contributed by atoms with E-state index in [1.165, 1.54) is 26.4 Å². The van der Waals surface area contributed by atoms with Crippen LogP contribution in [0.1, 0.15) is 39.0 Å². The number of unbranched alkanes of at least 4 members (excludes halogenated alkanes) is 3. The van der Waals surface area contributed by atoms with Crippen molar-refractivity contribution in [2.24, 2.45) is 0 Å². The summed E-state index contributed by atoms with van der Waals surface area (Å²) in [5.41, 5.74) is 0. The summed E-state index contributed by atoms with van der Waals surface area (Å²) in [4.78, 5) is 10.8. The van der Waals surface area contributed by atoms with E-state index in [0.29, 0.717) is 0 Å². The highest BCUT2D eigenvalue weighted by Gasteiger charge is 2.13. The van der Waals surface area contributed by atoms with Crippen molar-refractivity contribution in [3.63, 3.8) is 0 Å². The van der Waals surface area contributed by atoms with Gasteiger partial charge in [-0.15, -0.1) is 0 Å². The van der Waals surface area contributed by atoms with Crippen LogP contribution in [0.2, 0.25) is 0 Å². The second kappa shape index (κ2) is 7.59. The molecule has 1 unspecified atom stereocenters. The molecule has 0 amide bonds. The third kappa shape index (κ3) is 5.58. The number of methoxy groups -OCH3 is 1. The van der Waals surface area contributed by atoms with Crippen molar-refractivity contribution >= 4 is 21.9 Å². The van der Waals surface area contributed by atoms with E-state index in [-0.39, 0.29) is 10.8 Å². The van der Waals surface area contributed by atoms with E-state index in [4.69, 9.17) is 0 Å². The van der Waals surface area contributed by atoms with Crippen LogP contribution in [0, 0.1) is 0 Å². The number of alkyl halides is 1. The van der Waals surface area contributed by atoms with Crippen molar-refractivity contribution < 1.29 is 9.53 Å². The van der Waals surface area contributed by atoms with Crippen LogP contribution >= 0.6 is 15.9 Å². The zero-order valence-electron chi connectivity index (χ0n) is 7.81. The van der Waals surface area contributed by atoms with E-state index >= 15 is 0 Å². The molecule has 0 aromatic heterocycles. The first-order chi connectivity index (χ1) is 5.72. The van der Waals surface area contributed by atoms with Gasteiger partial charge in [-0.05, 0) is 6.42 Å². The molecule has 0 rings (SSSR count). The lowest BCUT2D eigenvalue weighted by Gasteiger charge is -2.06. The molecule has 0 aromatic rings. The van der Waals surface area contributed by atoms with Gasteiger partial charge in [-0.25, -0.2) is 0 Å². The highest BCUT2D eigenvalue weighted by molar-refractivity contribution is 9.10. The van der Waals surface area contributed by atoms with Crippen LogP contribution in [0.25, 0.3) is 0 Å². The fourth-order valence-corrected chi connectivity index (χ4v) is 1.51. The molecule has 0 heterocycles. The van der Waals surface area contributed by atoms with Gasteiger partial charge in [0.25, 0.3) is 0 Å². The Morgan fingerprint density at radius 3 is 2.58 bits per heavy atom. The van der Waals surface area contributed by atoms with Crippen LogP contribution in [-0.2, 0) is 9.53 Å². The topological polar surface area (TPSA) is 26.3 Å². The number of halogens is 1. The van der Waals surface area contributed by atoms with Crippen molar-refractivity contribution in [3.05, 3.63) is 0 Å². The Bertz CT molecular complexity index is 126. The highest BCUT2D eigenvalue weighted by Crippen LogP contribution is 2.12. The first kappa shape index (κ1) is 11.9. The Morgan fingerprint density at radius 1 is 1.42 bits per heavy atom. The molecule has 0 radical (unpaired) electrons. The van der Waals surface area contributed by atoms with Gasteiger partial charge in [0.05, 0.1) is 7.11 Å². The Balaban J connectivity index is 3.31. The third-order valence-corrected chi connectivity index (χ3v) is 2.60. The minimum absolute atomic E-state index is 0.112. The molecule has 0 aliphatic heterocycles. The van der Waals surface area contributed by atoms with Crippen LogP contribution in [-0.4, -0.2) is 17.9 Å². The molecule has 72 valence electrons. The summed E-state index contributed by atoms with van der Waals surface area (Å²) in [5.74, 6) is -0.161. The quantitative estimate of drug-likeness (QED) is 0.403. The van der Waals surface area contributed by atoms with Crippen molar-refractivity contribution in [2.75, 3.05) is 7.11 Å². The maximum atomic E-state index is 10.9. The maximum absolute atomic E-state index is 10.9. The first-order valence-corrected chi connectivity index (χ1v) is 5.35. The molecule has 0 fully saturated rings. The smallest absolute Gasteiger partial charge is 0.319 e. The fraction of sp³-hybridized carbons (Fsp3) is 0.889. The summed E-state index contributed by atoms with van der Waals surface area (Å²) in [5, 5.41) is 0. The molecule has 2 nitrogen and oxygen atoms in total. The van der Waals surface area contributed by atoms with Gasteiger partial charge in [0.2, 0.25) is 0 Å².